The Morgan fingerprint density at radius 3 is 2.77 bits per heavy atom. The fourth-order valence-corrected chi connectivity index (χ4v) is 4.40. The van der Waals surface area contributed by atoms with Crippen LogP contribution in [0, 0.1) is 11.8 Å². The van der Waals surface area contributed by atoms with E-state index >= 15 is 0 Å². The van der Waals surface area contributed by atoms with Crippen molar-refractivity contribution in [2.75, 3.05) is 26.2 Å². The van der Waals surface area contributed by atoms with Crippen LogP contribution in [0.25, 0.3) is 10.9 Å². The van der Waals surface area contributed by atoms with Gasteiger partial charge in [-0.2, -0.15) is 0 Å². The molecule has 1 saturated carbocycles. The number of amides is 2. The first kappa shape index (κ1) is 20.8. The van der Waals surface area contributed by atoms with Crippen molar-refractivity contribution in [1.29, 1.82) is 0 Å². The van der Waals surface area contributed by atoms with Gasteiger partial charge in [0.1, 0.15) is 6.10 Å². The summed E-state index contributed by atoms with van der Waals surface area (Å²) in [4.78, 5) is 32.5. The minimum Gasteiger partial charge on any atom is -0.368 e. The monoisotopic (exact) mass is 409 g/mol. The van der Waals surface area contributed by atoms with Gasteiger partial charge in [0.15, 0.2) is 0 Å². The van der Waals surface area contributed by atoms with Gasteiger partial charge in [-0.3, -0.25) is 9.59 Å². The Morgan fingerprint density at radius 2 is 2.00 bits per heavy atom. The first-order valence-corrected chi connectivity index (χ1v) is 11.1. The summed E-state index contributed by atoms with van der Waals surface area (Å²) < 4.78 is 6.00. The van der Waals surface area contributed by atoms with Crippen molar-refractivity contribution in [3.8, 4) is 0 Å². The van der Waals surface area contributed by atoms with Gasteiger partial charge in [0.05, 0.1) is 29.9 Å². The summed E-state index contributed by atoms with van der Waals surface area (Å²) in [7, 11) is 0. The smallest absolute Gasteiger partial charge is 0.252 e. The number of pyridine rings is 1. The highest BCUT2D eigenvalue weighted by atomic mass is 16.5. The number of nitrogens with one attached hydrogen (secondary N) is 1. The van der Waals surface area contributed by atoms with Gasteiger partial charge in [-0.15, -0.1) is 0 Å². The molecule has 2 amide bonds. The molecule has 1 saturated heterocycles. The molecule has 0 radical (unpaired) electrons. The molecule has 1 N–H and O–H groups in total. The van der Waals surface area contributed by atoms with Crippen LogP contribution in [0.5, 0.6) is 0 Å². The molecule has 2 fully saturated rings. The highest BCUT2D eigenvalue weighted by Crippen LogP contribution is 2.30. The molecule has 4 rings (SSSR count). The van der Waals surface area contributed by atoms with E-state index in [0.717, 1.165) is 36.6 Å². The third-order valence-corrected chi connectivity index (χ3v) is 6.06. The van der Waals surface area contributed by atoms with Crippen LogP contribution in [0.2, 0.25) is 0 Å². The molecule has 0 bridgehead atoms. The number of nitrogens with zero attached hydrogens (tertiary/aromatic N) is 2. The third kappa shape index (κ3) is 4.48. The molecular weight excluding hydrogens is 378 g/mol. The molecule has 6 nitrogen and oxygen atoms in total. The highest BCUT2D eigenvalue weighted by molar-refractivity contribution is 6.06. The zero-order chi connectivity index (χ0) is 21.1. The zero-order valence-electron chi connectivity index (χ0n) is 17.9. The number of morpholine rings is 1. The van der Waals surface area contributed by atoms with Crippen LogP contribution in [0.15, 0.2) is 30.3 Å². The summed E-state index contributed by atoms with van der Waals surface area (Å²) in [5.41, 5.74) is 2.10. The largest absolute Gasteiger partial charge is 0.368 e. The Kier molecular flexibility index (Phi) is 6.32. The quantitative estimate of drug-likeness (QED) is 0.817. The SMILES string of the molecule is CC(C)CNC(=O)c1cc([C@@H]2CN(C(=O)C3CCCC3)CCO2)nc2ccccc12. The van der Waals surface area contributed by atoms with E-state index in [9.17, 15) is 9.59 Å². The first-order valence-electron chi connectivity index (χ1n) is 11.1. The van der Waals surface area contributed by atoms with Crippen molar-refractivity contribution in [2.24, 2.45) is 11.8 Å². The second-order valence-corrected chi connectivity index (χ2v) is 8.84. The lowest BCUT2D eigenvalue weighted by Crippen LogP contribution is -2.44. The fourth-order valence-electron chi connectivity index (χ4n) is 4.40. The minimum atomic E-state index is -0.314. The fraction of sp³-hybridized carbons (Fsp3) is 0.542. The van der Waals surface area contributed by atoms with E-state index in [2.05, 4.69) is 19.2 Å². The lowest BCUT2D eigenvalue weighted by atomic mass is 10.0. The number of para-hydroxylation sites is 1. The third-order valence-electron chi connectivity index (χ3n) is 6.06. The van der Waals surface area contributed by atoms with Crippen LogP contribution in [-0.2, 0) is 9.53 Å². The summed E-state index contributed by atoms with van der Waals surface area (Å²) in [6, 6.07) is 9.52. The lowest BCUT2D eigenvalue weighted by Gasteiger charge is -2.34. The van der Waals surface area contributed by atoms with Gasteiger partial charge in [0.2, 0.25) is 5.91 Å². The van der Waals surface area contributed by atoms with Crippen molar-refractivity contribution in [3.05, 3.63) is 41.6 Å². The first-order chi connectivity index (χ1) is 14.5. The normalized spacial score (nSPS) is 20.1. The average Bonchev–Trinajstić information content (AvgIpc) is 3.31. The van der Waals surface area contributed by atoms with E-state index in [1.165, 1.54) is 0 Å². The van der Waals surface area contributed by atoms with Crippen LogP contribution >= 0.6 is 0 Å². The van der Waals surface area contributed by atoms with E-state index in [1.54, 1.807) is 0 Å². The zero-order valence-corrected chi connectivity index (χ0v) is 17.9. The van der Waals surface area contributed by atoms with Gasteiger partial charge >= 0.3 is 0 Å². The number of ether oxygens (including phenoxy) is 1. The highest BCUT2D eigenvalue weighted by Gasteiger charge is 2.32. The van der Waals surface area contributed by atoms with Crippen molar-refractivity contribution < 1.29 is 14.3 Å². The number of hydrogen-bond acceptors (Lipinski definition) is 4. The maximum Gasteiger partial charge on any atom is 0.252 e. The van der Waals surface area contributed by atoms with E-state index in [1.807, 2.05) is 35.2 Å². The van der Waals surface area contributed by atoms with E-state index in [-0.39, 0.29) is 23.8 Å². The standard InChI is InChI=1S/C24H31N3O3/c1-16(2)14-25-23(28)19-13-21(26-20-10-6-5-9-18(19)20)22-15-27(11-12-30-22)24(29)17-7-3-4-8-17/h5-6,9-10,13,16-17,22H,3-4,7-8,11-12,14-15H2,1-2H3,(H,25,28)/t22-/m0/s1. The van der Waals surface area contributed by atoms with E-state index in [4.69, 9.17) is 9.72 Å². The van der Waals surface area contributed by atoms with Crippen LogP contribution in [-0.4, -0.2) is 47.9 Å². The van der Waals surface area contributed by atoms with Gasteiger partial charge < -0.3 is 15.0 Å². The molecule has 0 unspecified atom stereocenters. The second kappa shape index (κ2) is 9.13. The number of hydrogen-bond donors (Lipinski definition) is 1. The molecule has 6 heteroatoms. The lowest BCUT2D eigenvalue weighted by molar-refractivity contribution is -0.143. The molecular formula is C24H31N3O3. The Labute approximate surface area is 178 Å². The van der Waals surface area contributed by atoms with E-state index in [0.29, 0.717) is 43.4 Å². The Balaban J connectivity index is 1.60. The number of carbonyl (C=O) groups is 2. The molecule has 0 spiro atoms. The molecule has 1 atom stereocenters. The molecule has 30 heavy (non-hydrogen) atoms. The van der Waals surface area contributed by atoms with Gasteiger partial charge in [0, 0.05) is 24.4 Å². The minimum absolute atomic E-state index is 0.0988. The molecule has 1 aliphatic carbocycles. The number of rotatable bonds is 5. The average molecular weight is 410 g/mol. The molecule has 2 aromatic rings. The molecule has 1 aromatic carbocycles. The van der Waals surface area contributed by atoms with Gasteiger partial charge in [0.25, 0.3) is 5.91 Å². The summed E-state index contributed by atoms with van der Waals surface area (Å²) in [5.74, 6) is 0.679. The van der Waals surface area contributed by atoms with Crippen molar-refractivity contribution >= 4 is 22.7 Å². The van der Waals surface area contributed by atoms with Crippen LogP contribution in [0.4, 0.5) is 0 Å². The maximum absolute atomic E-state index is 12.9. The summed E-state index contributed by atoms with van der Waals surface area (Å²) in [6.45, 7) is 6.38. The topological polar surface area (TPSA) is 71.5 Å². The Bertz CT molecular complexity index is 921. The number of benzene rings is 1. The predicted molar refractivity (Wildman–Crippen MR) is 116 cm³/mol. The van der Waals surface area contributed by atoms with Crippen LogP contribution < -0.4 is 5.32 Å². The van der Waals surface area contributed by atoms with Crippen molar-refractivity contribution in [2.45, 2.75) is 45.6 Å². The second-order valence-electron chi connectivity index (χ2n) is 8.84. The molecule has 2 heterocycles. The van der Waals surface area contributed by atoms with Crippen LogP contribution in [0.3, 0.4) is 0 Å². The number of fused-ring (bicyclic) bond motifs is 1. The maximum atomic E-state index is 12.9. The van der Waals surface area contributed by atoms with Gasteiger partial charge in [-0.25, -0.2) is 4.98 Å². The Morgan fingerprint density at radius 1 is 1.23 bits per heavy atom. The van der Waals surface area contributed by atoms with Gasteiger partial charge in [-0.1, -0.05) is 44.9 Å². The van der Waals surface area contributed by atoms with Crippen molar-refractivity contribution in [3.63, 3.8) is 0 Å². The summed E-state index contributed by atoms with van der Waals surface area (Å²) in [5, 5.41) is 3.84. The number of carbonyl (C=O) groups excluding carboxylic acids is 2. The predicted octanol–water partition coefficient (Wildman–Crippen LogP) is 3.71. The number of aromatic nitrogens is 1. The van der Waals surface area contributed by atoms with Crippen LogP contribution in [0.1, 0.15) is 61.7 Å². The summed E-state index contributed by atoms with van der Waals surface area (Å²) in [6.07, 6.45) is 3.96. The molecule has 1 aromatic heterocycles. The van der Waals surface area contributed by atoms with Gasteiger partial charge in [-0.05, 0) is 30.9 Å². The Hall–Kier alpha value is -2.47. The molecule has 2 aliphatic rings. The molecule has 1 aliphatic heterocycles. The summed E-state index contributed by atoms with van der Waals surface area (Å²) >= 11 is 0. The molecule has 160 valence electrons. The van der Waals surface area contributed by atoms with Crippen molar-refractivity contribution in [1.82, 2.24) is 15.2 Å². The van der Waals surface area contributed by atoms with E-state index < -0.39 is 0 Å².